The molecule has 0 radical (unpaired) electrons. The zero-order valence-electron chi connectivity index (χ0n) is 14.9. The number of nitrogens with zero attached hydrogens (tertiary/aromatic N) is 1. The van der Waals surface area contributed by atoms with Gasteiger partial charge in [0.25, 0.3) is 0 Å². The van der Waals surface area contributed by atoms with Crippen molar-refractivity contribution in [1.29, 1.82) is 5.26 Å². The monoisotopic (exact) mass is 363 g/mol. The van der Waals surface area contributed by atoms with E-state index in [0.717, 1.165) is 0 Å². The minimum absolute atomic E-state index is 0.0539. The van der Waals surface area contributed by atoms with Crippen molar-refractivity contribution in [3.63, 3.8) is 0 Å². The molecule has 7 heteroatoms. The molecule has 2 rings (SSSR count). The highest BCUT2D eigenvalue weighted by atomic mass is 32.2. The first-order valence-corrected chi connectivity index (χ1v) is 9.93. The highest BCUT2D eigenvalue weighted by Gasteiger charge is 2.34. The Bertz CT molecular complexity index is 750. The van der Waals surface area contributed by atoms with Crippen LogP contribution in [-0.4, -0.2) is 25.1 Å². The lowest BCUT2D eigenvalue weighted by Gasteiger charge is -2.30. The fourth-order valence-electron chi connectivity index (χ4n) is 2.74. The maximum atomic E-state index is 12.4. The minimum Gasteiger partial charge on any atom is -0.326 e. The van der Waals surface area contributed by atoms with Gasteiger partial charge >= 0.3 is 0 Å². The van der Waals surface area contributed by atoms with Crippen LogP contribution in [0.25, 0.3) is 0 Å². The molecule has 1 fully saturated rings. The Balaban J connectivity index is 1.87. The van der Waals surface area contributed by atoms with Gasteiger partial charge in [-0.2, -0.15) is 5.26 Å². The summed E-state index contributed by atoms with van der Waals surface area (Å²) in [5.41, 5.74) is 1.21. The zero-order chi connectivity index (χ0) is 18.7. The molecule has 0 unspecified atom stereocenters. The predicted octanol–water partition coefficient (Wildman–Crippen LogP) is 2.77. The average Bonchev–Trinajstić information content (AvgIpc) is 2.55. The smallest absolute Gasteiger partial charge is 0.227 e. The minimum atomic E-state index is -3.37. The number of nitrogens with one attached hydrogen (secondary N) is 2. The number of hydrogen-bond acceptors (Lipinski definition) is 4. The molecule has 136 valence electrons. The number of benzene rings is 1. The summed E-state index contributed by atoms with van der Waals surface area (Å²) >= 11 is 0. The lowest BCUT2D eigenvalue weighted by molar-refractivity contribution is -0.120. The molecule has 0 heterocycles. The second kappa shape index (κ2) is 7.54. The summed E-state index contributed by atoms with van der Waals surface area (Å²) in [6.07, 6.45) is 2.61. The van der Waals surface area contributed by atoms with Crippen molar-refractivity contribution in [2.45, 2.75) is 57.2 Å². The van der Waals surface area contributed by atoms with Crippen LogP contribution in [0.15, 0.2) is 24.3 Å². The summed E-state index contributed by atoms with van der Waals surface area (Å²) in [5, 5.41) is 11.6. The number of amides is 1. The van der Waals surface area contributed by atoms with Crippen LogP contribution in [-0.2, 0) is 14.8 Å². The second-order valence-electron chi connectivity index (χ2n) is 7.46. The Morgan fingerprint density at radius 2 is 1.68 bits per heavy atom. The third-order valence-corrected chi connectivity index (χ3v) is 6.76. The third-order valence-electron chi connectivity index (χ3n) is 4.51. The van der Waals surface area contributed by atoms with Gasteiger partial charge in [0.2, 0.25) is 15.9 Å². The number of hydrogen-bond donors (Lipinski definition) is 2. The van der Waals surface area contributed by atoms with Crippen molar-refractivity contribution in [3.05, 3.63) is 29.8 Å². The van der Waals surface area contributed by atoms with Crippen molar-refractivity contribution in [3.8, 4) is 6.07 Å². The third kappa shape index (κ3) is 5.03. The SMILES string of the molecule is CC(C)(C)S(=O)(=O)N[C@H]1CC[C@H](C(=O)Nc2ccc(C#N)cc2)CC1. The van der Waals surface area contributed by atoms with Gasteiger partial charge in [-0.15, -0.1) is 0 Å². The van der Waals surface area contributed by atoms with E-state index in [9.17, 15) is 13.2 Å². The van der Waals surface area contributed by atoms with Crippen LogP contribution >= 0.6 is 0 Å². The average molecular weight is 363 g/mol. The van der Waals surface area contributed by atoms with Crippen LogP contribution in [0.4, 0.5) is 5.69 Å². The molecule has 0 bridgehead atoms. The number of anilines is 1. The predicted molar refractivity (Wildman–Crippen MR) is 97.3 cm³/mol. The maximum absolute atomic E-state index is 12.4. The molecule has 1 saturated carbocycles. The maximum Gasteiger partial charge on any atom is 0.227 e. The van der Waals surface area contributed by atoms with Gasteiger partial charge in [-0.1, -0.05) is 0 Å². The molecule has 0 aromatic heterocycles. The first kappa shape index (κ1) is 19.4. The van der Waals surface area contributed by atoms with Gasteiger partial charge in [0.1, 0.15) is 0 Å². The number of nitriles is 1. The quantitative estimate of drug-likeness (QED) is 0.859. The topological polar surface area (TPSA) is 99.1 Å². The Labute approximate surface area is 149 Å². The Morgan fingerprint density at radius 1 is 1.12 bits per heavy atom. The Morgan fingerprint density at radius 3 is 2.16 bits per heavy atom. The number of rotatable bonds is 4. The lowest BCUT2D eigenvalue weighted by atomic mass is 9.86. The van der Waals surface area contributed by atoms with E-state index in [-0.39, 0.29) is 17.9 Å². The van der Waals surface area contributed by atoms with Crippen LogP contribution < -0.4 is 10.0 Å². The fourth-order valence-corrected chi connectivity index (χ4v) is 3.77. The van der Waals surface area contributed by atoms with E-state index in [1.807, 2.05) is 6.07 Å². The molecule has 1 aromatic carbocycles. The van der Waals surface area contributed by atoms with E-state index >= 15 is 0 Å². The van der Waals surface area contributed by atoms with Gasteiger partial charge in [0, 0.05) is 17.6 Å². The Kier molecular flexibility index (Phi) is 5.86. The summed E-state index contributed by atoms with van der Waals surface area (Å²) in [6, 6.07) is 8.66. The largest absolute Gasteiger partial charge is 0.326 e. The normalized spacial score (nSPS) is 21.4. The summed E-state index contributed by atoms with van der Waals surface area (Å²) < 4.78 is 26.4. The lowest BCUT2D eigenvalue weighted by Crippen LogP contribution is -2.46. The summed E-state index contributed by atoms with van der Waals surface area (Å²) in [7, 11) is -3.37. The highest BCUT2D eigenvalue weighted by Crippen LogP contribution is 2.27. The van der Waals surface area contributed by atoms with Crippen molar-refractivity contribution in [1.82, 2.24) is 4.72 Å². The molecule has 1 aliphatic carbocycles. The Hall–Kier alpha value is -1.91. The van der Waals surface area contributed by atoms with Crippen LogP contribution in [0.5, 0.6) is 0 Å². The molecule has 2 N–H and O–H groups in total. The summed E-state index contributed by atoms with van der Waals surface area (Å²) in [4.78, 5) is 12.4. The van der Waals surface area contributed by atoms with Crippen LogP contribution in [0, 0.1) is 17.2 Å². The fraction of sp³-hybridized carbons (Fsp3) is 0.556. The van der Waals surface area contributed by atoms with E-state index in [2.05, 4.69) is 10.0 Å². The summed E-state index contributed by atoms with van der Waals surface area (Å²) in [6.45, 7) is 5.02. The van der Waals surface area contributed by atoms with Crippen molar-refractivity contribution >= 4 is 21.6 Å². The standard InChI is InChI=1S/C18H25N3O3S/c1-18(2,3)25(23,24)21-16-10-6-14(7-11-16)17(22)20-15-8-4-13(12-19)5-9-15/h4-5,8-9,14,16,21H,6-7,10-11H2,1-3H3,(H,20,22)/t14-,16-. The zero-order valence-corrected chi connectivity index (χ0v) is 15.7. The second-order valence-corrected chi connectivity index (χ2v) is 9.93. The van der Waals surface area contributed by atoms with Crippen LogP contribution in [0.3, 0.4) is 0 Å². The molecule has 1 aromatic rings. The molecule has 0 aliphatic heterocycles. The van der Waals surface area contributed by atoms with Crippen LogP contribution in [0.2, 0.25) is 0 Å². The van der Waals surface area contributed by atoms with E-state index in [1.165, 1.54) is 0 Å². The molecular weight excluding hydrogens is 338 g/mol. The van der Waals surface area contributed by atoms with Gasteiger partial charge in [0.05, 0.1) is 16.4 Å². The number of sulfonamides is 1. The van der Waals surface area contributed by atoms with Gasteiger partial charge in [-0.25, -0.2) is 13.1 Å². The molecule has 1 aliphatic rings. The molecule has 0 spiro atoms. The van der Waals surface area contributed by atoms with Gasteiger partial charge in [-0.05, 0) is 70.7 Å². The number of carbonyl (C=O) groups is 1. The molecule has 6 nitrogen and oxygen atoms in total. The molecule has 0 atom stereocenters. The van der Waals surface area contributed by atoms with E-state index in [1.54, 1.807) is 45.0 Å². The molecule has 0 saturated heterocycles. The first-order valence-electron chi connectivity index (χ1n) is 8.45. The molecular formula is C18H25N3O3S. The molecule has 1 amide bonds. The van der Waals surface area contributed by atoms with Gasteiger partial charge < -0.3 is 5.32 Å². The van der Waals surface area contributed by atoms with E-state index in [4.69, 9.17) is 5.26 Å². The highest BCUT2D eigenvalue weighted by molar-refractivity contribution is 7.90. The first-order chi connectivity index (χ1) is 11.6. The van der Waals surface area contributed by atoms with Gasteiger partial charge in [0.15, 0.2) is 0 Å². The van der Waals surface area contributed by atoms with Gasteiger partial charge in [-0.3, -0.25) is 4.79 Å². The van der Waals surface area contributed by atoms with Crippen LogP contribution in [0.1, 0.15) is 52.0 Å². The van der Waals surface area contributed by atoms with Crippen molar-refractivity contribution in [2.75, 3.05) is 5.32 Å². The molecule has 25 heavy (non-hydrogen) atoms. The van der Waals surface area contributed by atoms with E-state index < -0.39 is 14.8 Å². The van der Waals surface area contributed by atoms with Crippen molar-refractivity contribution in [2.24, 2.45) is 5.92 Å². The number of carbonyl (C=O) groups excluding carboxylic acids is 1. The summed E-state index contributed by atoms with van der Waals surface area (Å²) in [5.74, 6) is -0.173. The van der Waals surface area contributed by atoms with Crippen molar-refractivity contribution < 1.29 is 13.2 Å². The van der Waals surface area contributed by atoms with E-state index in [0.29, 0.717) is 36.9 Å².